The number of phenols is 1. The topological polar surface area (TPSA) is 108 Å². The number of nitrogens with one attached hydrogen (secondary N) is 2. The zero-order valence-corrected chi connectivity index (χ0v) is 26.0. The molecule has 2 atom stereocenters. The Kier molecular flexibility index (Phi) is 10.5. The first kappa shape index (κ1) is 32.6. The van der Waals surface area contributed by atoms with Gasteiger partial charge in [0.2, 0.25) is 5.91 Å². The zero-order chi connectivity index (χ0) is 32.6. The maximum absolute atomic E-state index is 14.5. The van der Waals surface area contributed by atoms with Crippen molar-refractivity contribution in [3.63, 3.8) is 0 Å². The summed E-state index contributed by atoms with van der Waals surface area (Å²) in [5.41, 5.74) is 1.70. The minimum atomic E-state index is -1.07. The molecule has 0 spiro atoms. The molecule has 0 heterocycles. The van der Waals surface area contributed by atoms with Gasteiger partial charge in [0.25, 0.3) is 5.91 Å². The SMILES string of the molecule is C#Cc1ccc(C(C(=O)Nc2ccc3ccccc3c2)N(CCC)C(=O)C(Cc2ccc(O)cc2)NC(=O)OC(C)(C)C)cc1. The molecule has 0 saturated heterocycles. The van der Waals surface area contributed by atoms with Crippen LogP contribution in [0.5, 0.6) is 5.75 Å². The number of fused-ring (bicyclic) bond motifs is 1. The van der Waals surface area contributed by atoms with Gasteiger partial charge in [-0.3, -0.25) is 9.59 Å². The maximum atomic E-state index is 14.5. The fourth-order valence-electron chi connectivity index (χ4n) is 5.04. The molecule has 4 rings (SSSR count). The van der Waals surface area contributed by atoms with Gasteiger partial charge in [-0.25, -0.2) is 4.79 Å². The van der Waals surface area contributed by atoms with Gasteiger partial charge in [0.1, 0.15) is 23.4 Å². The number of ether oxygens (including phenoxy) is 1. The molecular formula is C37H39N3O5. The average molecular weight is 606 g/mol. The van der Waals surface area contributed by atoms with Gasteiger partial charge in [-0.05, 0) is 85.5 Å². The number of terminal acetylenes is 1. The number of hydrogen-bond donors (Lipinski definition) is 3. The highest BCUT2D eigenvalue weighted by Gasteiger charge is 2.36. The maximum Gasteiger partial charge on any atom is 0.408 e. The largest absolute Gasteiger partial charge is 0.508 e. The van der Waals surface area contributed by atoms with E-state index in [1.165, 1.54) is 17.0 Å². The van der Waals surface area contributed by atoms with Crippen LogP contribution < -0.4 is 10.6 Å². The number of benzene rings is 4. The molecule has 3 amide bonds. The van der Waals surface area contributed by atoms with Crippen LogP contribution in [0.1, 0.15) is 56.8 Å². The first-order chi connectivity index (χ1) is 21.5. The predicted octanol–water partition coefficient (Wildman–Crippen LogP) is 6.58. The lowest BCUT2D eigenvalue weighted by Gasteiger charge is -2.34. The molecule has 0 aliphatic heterocycles. The van der Waals surface area contributed by atoms with Gasteiger partial charge in [-0.2, -0.15) is 0 Å². The predicted molar refractivity (Wildman–Crippen MR) is 177 cm³/mol. The van der Waals surface area contributed by atoms with Crippen molar-refractivity contribution in [3.05, 3.63) is 108 Å². The third-order valence-electron chi connectivity index (χ3n) is 7.08. The lowest BCUT2D eigenvalue weighted by Crippen LogP contribution is -2.53. The molecule has 4 aromatic rings. The summed E-state index contributed by atoms with van der Waals surface area (Å²) in [5.74, 6) is 1.79. The molecule has 0 aliphatic carbocycles. The smallest absolute Gasteiger partial charge is 0.408 e. The number of carbonyl (C=O) groups excluding carboxylic acids is 3. The average Bonchev–Trinajstić information content (AvgIpc) is 3.00. The number of amides is 3. The Labute approximate surface area is 264 Å². The normalized spacial score (nSPS) is 12.4. The van der Waals surface area contributed by atoms with Crippen LogP contribution in [0.3, 0.4) is 0 Å². The van der Waals surface area contributed by atoms with Crippen LogP contribution in [0, 0.1) is 12.3 Å². The van der Waals surface area contributed by atoms with Gasteiger partial charge in [-0.15, -0.1) is 6.42 Å². The number of phenolic OH excluding ortho intramolecular Hbond substituents is 1. The van der Waals surface area contributed by atoms with Crippen LogP contribution >= 0.6 is 0 Å². The first-order valence-electron chi connectivity index (χ1n) is 14.9. The van der Waals surface area contributed by atoms with Gasteiger partial charge in [-0.1, -0.05) is 67.4 Å². The van der Waals surface area contributed by atoms with Crippen molar-refractivity contribution in [1.29, 1.82) is 0 Å². The van der Waals surface area contributed by atoms with Crippen molar-refractivity contribution in [1.82, 2.24) is 10.2 Å². The lowest BCUT2D eigenvalue weighted by molar-refractivity contribution is -0.140. The quantitative estimate of drug-likeness (QED) is 0.177. The number of nitrogens with zero attached hydrogens (tertiary/aromatic N) is 1. The lowest BCUT2D eigenvalue weighted by atomic mass is 9.99. The summed E-state index contributed by atoms with van der Waals surface area (Å²) in [6.07, 6.45) is 5.48. The first-order valence-corrected chi connectivity index (χ1v) is 14.9. The third-order valence-corrected chi connectivity index (χ3v) is 7.08. The Bertz CT molecular complexity index is 1680. The van der Waals surface area contributed by atoms with E-state index >= 15 is 0 Å². The molecule has 3 N–H and O–H groups in total. The molecule has 0 saturated carbocycles. The van der Waals surface area contributed by atoms with Gasteiger partial charge in [0, 0.05) is 24.2 Å². The summed E-state index contributed by atoms with van der Waals surface area (Å²) < 4.78 is 5.49. The summed E-state index contributed by atoms with van der Waals surface area (Å²) >= 11 is 0. The second kappa shape index (κ2) is 14.5. The molecule has 8 heteroatoms. The Hall–Kier alpha value is -5.29. The van der Waals surface area contributed by atoms with Gasteiger partial charge < -0.3 is 25.4 Å². The monoisotopic (exact) mass is 605 g/mol. The summed E-state index contributed by atoms with van der Waals surface area (Å²) in [4.78, 5) is 43.1. The Morgan fingerprint density at radius 2 is 1.60 bits per heavy atom. The van der Waals surface area contributed by atoms with Crippen LogP contribution in [-0.2, 0) is 20.7 Å². The van der Waals surface area contributed by atoms with Crippen molar-refractivity contribution in [2.45, 2.75) is 58.2 Å². The van der Waals surface area contributed by atoms with Gasteiger partial charge >= 0.3 is 6.09 Å². The number of carbonyl (C=O) groups is 3. The zero-order valence-electron chi connectivity index (χ0n) is 26.0. The van der Waals surface area contributed by atoms with Crippen molar-refractivity contribution in [2.75, 3.05) is 11.9 Å². The van der Waals surface area contributed by atoms with E-state index in [1.807, 2.05) is 49.4 Å². The van der Waals surface area contributed by atoms with Crippen molar-refractivity contribution >= 4 is 34.4 Å². The van der Waals surface area contributed by atoms with E-state index in [-0.39, 0.29) is 18.7 Å². The number of anilines is 1. The van der Waals surface area contributed by atoms with E-state index in [9.17, 15) is 19.5 Å². The summed E-state index contributed by atoms with van der Waals surface area (Å²) in [5, 5.41) is 17.5. The molecule has 0 radical (unpaired) electrons. The molecule has 232 valence electrons. The summed E-state index contributed by atoms with van der Waals surface area (Å²) in [6.45, 7) is 7.35. The minimum absolute atomic E-state index is 0.0789. The standard InChI is InChI=1S/C37H39N3O5/c1-6-22-40(35(43)32(39-36(44)45-37(3,4)5)23-26-14-20-31(41)21-15-26)33(28-16-12-25(7-2)13-17-28)34(42)38-30-19-18-27-10-8-9-11-29(27)24-30/h2,8-21,24,32-33,41H,6,22-23H2,1,3-5H3,(H,38,42)(H,39,44). The van der Waals surface area contributed by atoms with E-state index in [1.54, 1.807) is 57.2 Å². The van der Waals surface area contributed by atoms with Crippen molar-refractivity contribution < 1.29 is 24.2 Å². The fraction of sp³-hybridized carbons (Fsp3) is 0.270. The molecular weight excluding hydrogens is 566 g/mol. The molecule has 0 aromatic heterocycles. The van der Waals surface area contributed by atoms with E-state index < -0.39 is 35.6 Å². The van der Waals surface area contributed by atoms with Crippen molar-refractivity contribution in [3.8, 4) is 18.1 Å². The fourth-order valence-corrected chi connectivity index (χ4v) is 5.04. The summed E-state index contributed by atoms with van der Waals surface area (Å²) in [7, 11) is 0. The van der Waals surface area contributed by atoms with E-state index in [2.05, 4.69) is 16.6 Å². The molecule has 0 bridgehead atoms. The highest BCUT2D eigenvalue weighted by Crippen LogP contribution is 2.27. The molecule has 4 aromatic carbocycles. The molecule has 0 aliphatic rings. The third kappa shape index (κ3) is 8.87. The van der Waals surface area contributed by atoms with Gasteiger partial charge in [0.15, 0.2) is 0 Å². The Morgan fingerprint density at radius 1 is 0.933 bits per heavy atom. The Balaban J connectivity index is 1.73. The second-order valence-corrected chi connectivity index (χ2v) is 11.8. The number of aromatic hydroxyl groups is 1. The number of hydrogen-bond acceptors (Lipinski definition) is 5. The van der Waals surface area contributed by atoms with E-state index in [0.717, 1.165) is 10.8 Å². The second-order valence-electron chi connectivity index (χ2n) is 11.8. The molecule has 2 unspecified atom stereocenters. The van der Waals surface area contributed by atoms with E-state index in [0.29, 0.717) is 28.8 Å². The van der Waals surface area contributed by atoms with Crippen LogP contribution in [0.4, 0.5) is 10.5 Å². The molecule has 0 fully saturated rings. The minimum Gasteiger partial charge on any atom is -0.508 e. The molecule has 8 nitrogen and oxygen atoms in total. The van der Waals surface area contributed by atoms with Crippen molar-refractivity contribution in [2.24, 2.45) is 0 Å². The highest BCUT2D eigenvalue weighted by molar-refractivity contribution is 6.00. The van der Waals surface area contributed by atoms with Gasteiger partial charge in [0.05, 0.1) is 0 Å². The van der Waals surface area contributed by atoms with Crippen LogP contribution in [-0.4, -0.2) is 46.1 Å². The number of rotatable bonds is 10. The number of alkyl carbamates (subject to hydrolysis) is 1. The summed E-state index contributed by atoms with van der Waals surface area (Å²) in [6, 6.07) is 24.7. The molecule has 45 heavy (non-hydrogen) atoms. The van der Waals surface area contributed by atoms with Crippen LogP contribution in [0.15, 0.2) is 91.0 Å². The Morgan fingerprint density at radius 3 is 2.22 bits per heavy atom. The van der Waals surface area contributed by atoms with Crippen LogP contribution in [0.25, 0.3) is 10.8 Å². The van der Waals surface area contributed by atoms with Crippen LogP contribution in [0.2, 0.25) is 0 Å². The van der Waals surface area contributed by atoms with E-state index in [4.69, 9.17) is 11.2 Å². The highest BCUT2D eigenvalue weighted by atomic mass is 16.6.